The molecule has 1 aromatic carbocycles. The fourth-order valence-electron chi connectivity index (χ4n) is 2.78. The van der Waals surface area contributed by atoms with Gasteiger partial charge in [-0.25, -0.2) is 4.79 Å². The van der Waals surface area contributed by atoms with Crippen molar-refractivity contribution in [2.24, 2.45) is 0 Å². The number of benzene rings is 1. The van der Waals surface area contributed by atoms with Gasteiger partial charge in [-0.05, 0) is 25.0 Å². The molecule has 0 radical (unpaired) electrons. The molecular weight excluding hydrogens is 312 g/mol. The summed E-state index contributed by atoms with van der Waals surface area (Å²) in [6.07, 6.45) is 4.00. The van der Waals surface area contributed by atoms with Crippen LogP contribution >= 0.6 is 0 Å². The van der Waals surface area contributed by atoms with E-state index in [2.05, 4.69) is 11.4 Å². The molecule has 1 fully saturated rings. The lowest BCUT2D eigenvalue weighted by molar-refractivity contribution is -0.125. The van der Waals surface area contributed by atoms with Crippen molar-refractivity contribution in [3.05, 3.63) is 23.8 Å². The molecule has 2 rings (SSSR count). The van der Waals surface area contributed by atoms with Crippen LogP contribution in [0.5, 0.6) is 11.5 Å². The van der Waals surface area contributed by atoms with Crippen LogP contribution in [0, 0.1) is 11.3 Å². The minimum atomic E-state index is -0.875. The van der Waals surface area contributed by atoms with Gasteiger partial charge in [-0.15, -0.1) is 0 Å². The van der Waals surface area contributed by atoms with Gasteiger partial charge in [0.05, 0.1) is 13.2 Å². The summed E-state index contributed by atoms with van der Waals surface area (Å²) in [5, 5.41) is 21.9. The molecule has 0 aromatic heterocycles. The highest BCUT2D eigenvalue weighted by atomic mass is 16.5. The molecule has 0 atom stereocenters. The van der Waals surface area contributed by atoms with Gasteiger partial charge in [0.2, 0.25) is 0 Å². The summed E-state index contributed by atoms with van der Waals surface area (Å²) in [4.78, 5) is 24.0. The number of methoxy groups -OCH3 is 1. The van der Waals surface area contributed by atoms with E-state index in [4.69, 9.17) is 9.47 Å². The van der Waals surface area contributed by atoms with Crippen molar-refractivity contribution in [2.45, 2.75) is 37.6 Å². The predicted molar refractivity (Wildman–Crippen MR) is 84.5 cm³/mol. The molecule has 0 heterocycles. The number of rotatable bonds is 5. The first-order valence-electron chi connectivity index (χ1n) is 7.77. The predicted octanol–water partition coefficient (Wildman–Crippen LogP) is 1.90. The third-order valence-corrected chi connectivity index (χ3v) is 4.07. The standard InChI is InChI=1S/C17H20N2O5/c1-23-13-7-5-6-12(15(13)21)16(22)24-10-14(20)19-17(11-18)8-3-2-4-9-17/h5-7,21H,2-4,8-10H2,1H3,(H,19,20). The summed E-state index contributed by atoms with van der Waals surface area (Å²) in [5.41, 5.74) is -0.963. The van der Waals surface area contributed by atoms with Gasteiger partial charge in [-0.1, -0.05) is 25.3 Å². The van der Waals surface area contributed by atoms with E-state index in [1.807, 2.05) is 0 Å². The van der Waals surface area contributed by atoms with E-state index in [1.165, 1.54) is 25.3 Å². The van der Waals surface area contributed by atoms with E-state index in [1.54, 1.807) is 0 Å². The zero-order valence-electron chi connectivity index (χ0n) is 13.5. The van der Waals surface area contributed by atoms with E-state index in [0.717, 1.165) is 19.3 Å². The largest absolute Gasteiger partial charge is 0.504 e. The number of carbonyl (C=O) groups excluding carboxylic acids is 2. The maximum absolute atomic E-state index is 12.0. The first-order chi connectivity index (χ1) is 11.5. The Morgan fingerprint density at radius 2 is 2.04 bits per heavy atom. The Morgan fingerprint density at radius 1 is 1.33 bits per heavy atom. The van der Waals surface area contributed by atoms with Crippen molar-refractivity contribution in [1.82, 2.24) is 5.32 Å². The van der Waals surface area contributed by atoms with E-state index < -0.39 is 24.0 Å². The lowest BCUT2D eigenvalue weighted by Crippen LogP contribution is -2.50. The molecule has 7 heteroatoms. The van der Waals surface area contributed by atoms with Gasteiger partial charge in [0.25, 0.3) is 5.91 Å². The number of hydrogen-bond donors (Lipinski definition) is 2. The highest BCUT2D eigenvalue weighted by Crippen LogP contribution is 2.30. The fraction of sp³-hybridized carbons (Fsp3) is 0.471. The van der Waals surface area contributed by atoms with Gasteiger partial charge in [-0.2, -0.15) is 5.26 Å². The summed E-state index contributed by atoms with van der Waals surface area (Å²) >= 11 is 0. The van der Waals surface area contributed by atoms with Crippen molar-refractivity contribution in [2.75, 3.05) is 13.7 Å². The lowest BCUT2D eigenvalue weighted by Gasteiger charge is -2.31. The minimum Gasteiger partial charge on any atom is -0.504 e. The van der Waals surface area contributed by atoms with Crippen molar-refractivity contribution in [3.8, 4) is 17.6 Å². The molecule has 0 bridgehead atoms. The number of ether oxygens (including phenoxy) is 2. The van der Waals surface area contributed by atoms with Crippen molar-refractivity contribution in [3.63, 3.8) is 0 Å². The third-order valence-electron chi connectivity index (χ3n) is 4.07. The number of phenols is 1. The van der Waals surface area contributed by atoms with Crippen LogP contribution in [-0.2, 0) is 9.53 Å². The number of nitrogens with zero attached hydrogens (tertiary/aromatic N) is 1. The highest BCUT2D eigenvalue weighted by Gasteiger charge is 2.33. The maximum atomic E-state index is 12.0. The zero-order valence-corrected chi connectivity index (χ0v) is 13.5. The monoisotopic (exact) mass is 332 g/mol. The van der Waals surface area contributed by atoms with Crippen LogP contribution in [0.25, 0.3) is 0 Å². The molecule has 1 aliphatic rings. The fourth-order valence-corrected chi connectivity index (χ4v) is 2.78. The van der Waals surface area contributed by atoms with E-state index in [-0.39, 0.29) is 17.1 Å². The lowest BCUT2D eigenvalue weighted by atomic mass is 9.83. The van der Waals surface area contributed by atoms with Crippen LogP contribution in [-0.4, -0.2) is 36.2 Å². The smallest absolute Gasteiger partial charge is 0.342 e. The Labute approximate surface area is 140 Å². The molecule has 0 unspecified atom stereocenters. The molecular formula is C17H20N2O5. The number of para-hydroxylation sites is 1. The number of aromatic hydroxyl groups is 1. The molecule has 24 heavy (non-hydrogen) atoms. The molecule has 0 aliphatic heterocycles. The van der Waals surface area contributed by atoms with Gasteiger partial charge in [0.1, 0.15) is 11.1 Å². The normalized spacial score (nSPS) is 15.8. The van der Waals surface area contributed by atoms with Crippen LogP contribution in [0.4, 0.5) is 0 Å². The van der Waals surface area contributed by atoms with E-state index in [9.17, 15) is 20.0 Å². The second-order valence-electron chi connectivity index (χ2n) is 5.74. The minimum absolute atomic E-state index is 0.0881. The van der Waals surface area contributed by atoms with Gasteiger partial charge in [0.15, 0.2) is 18.1 Å². The number of nitriles is 1. The molecule has 1 aliphatic carbocycles. The molecule has 0 saturated heterocycles. The number of hydrogen-bond acceptors (Lipinski definition) is 6. The quantitative estimate of drug-likeness (QED) is 0.797. The Hall–Kier alpha value is -2.75. The van der Waals surface area contributed by atoms with Gasteiger partial charge < -0.3 is 19.9 Å². The van der Waals surface area contributed by atoms with Crippen LogP contribution in [0.3, 0.4) is 0 Å². The van der Waals surface area contributed by atoms with Gasteiger partial charge in [0, 0.05) is 0 Å². The summed E-state index contributed by atoms with van der Waals surface area (Å²) in [7, 11) is 1.36. The molecule has 7 nitrogen and oxygen atoms in total. The first kappa shape index (κ1) is 17.6. The summed E-state index contributed by atoms with van der Waals surface area (Å²) in [5.74, 6) is -1.57. The number of esters is 1. The van der Waals surface area contributed by atoms with Gasteiger partial charge >= 0.3 is 5.97 Å². The SMILES string of the molecule is COc1cccc(C(=O)OCC(=O)NC2(C#N)CCCCC2)c1O. The number of carbonyl (C=O) groups is 2. The zero-order chi connectivity index (χ0) is 17.6. The molecule has 1 amide bonds. The number of phenolic OH excluding ortho intramolecular Hbond substituents is 1. The van der Waals surface area contributed by atoms with Crippen LogP contribution in [0.1, 0.15) is 42.5 Å². The van der Waals surface area contributed by atoms with Gasteiger partial charge in [-0.3, -0.25) is 4.79 Å². The number of nitrogens with one attached hydrogen (secondary N) is 1. The Morgan fingerprint density at radius 3 is 2.67 bits per heavy atom. The van der Waals surface area contributed by atoms with E-state index in [0.29, 0.717) is 12.8 Å². The third kappa shape index (κ3) is 3.96. The van der Waals surface area contributed by atoms with Crippen molar-refractivity contribution >= 4 is 11.9 Å². The molecule has 2 N–H and O–H groups in total. The van der Waals surface area contributed by atoms with Crippen LogP contribution in [0.15, 0.2) is 18.2 Å². The number of amides is 1. The second-order valence-corrected chi connectivity index (χ2v) is 5.74. The highest BCUT2D eigenvalue weighted by molar-refractivity contribution is 5.94. The van der Waals surface area contributed by atoms with Crippen molar-refractivity contribution < 1.29 is 24.2 Å². The topological polar surface area (TPSA) is 109 Å². The van der Waals surface area contributed by atoms with Crippen LogP contribution < -0.4 is 10.1 Å². The average molecular weight is 332 g/mol. The van der Waals surface area contributed by atoms with Crippen LogP contribution in [0.2, 0.25) is 0 Å². The maximum Gasteiger partial charge on any atom is 0.342 e. The van der Waals surface area contributed by atoms with Crippen molar-refractivity contribution in [1.29, 1.82) is 5.26 Å². The first-order valence-corrected chi connectivity index (χ1v) is 7.77. The summed E-state index contributed by atoms with van der Waals surface area (Å²) < 4.78 is 9.84. The molecule has 1 aromatic rings. The summed E-state index contributed by atoms with van der Waals surface area (Å²) in [6, 6.07) is 6.56. The molecule has 0 spiro atoms. The Kier molecular flexibility index (Phi) is 5.64. The Balaban J connectivity index is 1.94. The average Bonchev–Trinajstić information content (AvgIpc) is 2.60. The Bertz CT molecular complexity index is 659. The second kappa shape index (κ2) is 7.68. The molecule has 1 saturated carbocycles. The molecule has 128 valence electrons. The van der Waals surface area contributed by atoms with E-state index >= 15 is 0 Å². The summed E-state index contributed by atoms with van der Waals surface area (Å²) in [6.45, 7) is -0.515.